The number of benzene rings is 1. The molecule has 2 rings (SSSR count). The lowest BCUT2D eigenvalue weighted by molar-refractivity contribution is 0.175. The van der Waals surface area contributed by atoms with Crippen LogP contribution < -0.4 is 9.47 Å². The summed E-state index contributed by atoms with van der Waals surface area (Å²) in [5, 5.41) is 9.50. The van der Waals surface area contributed by atoms with Crippen LogP contribution in [0.15, 0.2) is 18.2 Å². The van der Waals surface area contributed by atoms with Crippen molar-refractivity contribution in [3.8, 4) is 11.5 Å². The summed E-state index contributed by atoms with van der Waals surface area (Å²) in [5.41, 5.74) is 0.845. The van der Waals surface area contributed by atoms with Crippen LogP contribution in [0.5, 0.6) is 11.5 Å². The first-order valence-electron chi connectivity index (χ1n) is 6.19. The molecule has 1 N–H and O–H groups in total. The largest absolute Gasteiger partial charge is 0.493 e. The second kappa shape index (κ2) is 5.41. The van der Waals surface area contributed by atoms with Gasteiger partial charge in [0.05, 0.1) is 19.8 Å². The van der Waals surface area contributed by atoms with Crippen LogP contribution in [0.2, 0.25) is 0 Å². The molecule has 1 fully saturated rings. The zero-order chi connectivity index (χ0) is 12.3. The van der Waals surface area contributed by atoms with Crippen molar-refractivity contribution in [3.63, 3.8) is 0 Å². The summed E-state index contributed by atoms with van der Waals surface area (Å²) >= 11 is 0. The molecule has 3 heteroatoms. The summed E-state index contributed by atoms with van der Waals surface area (Å²) in [6.45, 7) is 2.51. The van der Waals surface area contributed by atoms with E-state index in [9.17, 15) is 5.11 Å². The predicted octanol–water partition coefficient (Wildman–Crippen LogP) is 2.93. The summed E-state index contributed by atoms with van der Waals surface area (Å²) in [4.78, 5) is 0. The molecule has 1 atom stereocenters. The van der Waals surface area contributed by atoms with Crippen molar-refractivity contribution in [2.45, 2.75) is 32.3 Å². The minimum absolute atomic E-state index is 0.482. The maximum Gasteiger partial charge on any atom is 0.161 e. The normalized spacial score (nSPS) is 17.4. The molecule has 1 aliphatic carbocycles. The fourth-order valence-corrected chi connectivity index (χ4v) is 1.93. The first kappa shape index (κ1) is 12.2. The Morgan fingerprint density at radius 1 is 1.35 bits per heavy atom. The Hall–Kier alpha value is -1.22. The Labute approximate surface area is 102 Å². The third-order valence-corrected chi connectivity index (χ3v) is 3.37. The van der Waals surface area contributed by atoms with E-state index in [1.54, 1.807) is 14.0 Å². The van der Waals surface area contributed by atoms with Crippen LogP contribution in [0.3, 0.4) is 0 Å². The Morgan fingerprint density at radius 2 is 2.12 bits per heavy atom. The number of rotatable bonds is 5. The number of hydrogen-bond donors (Lipinski definition) is 1. The number of hydrogen-bond acceptors (Lipinski definition) is 3. The van der Waals surface area contributed by atoms with Crippen molar-refractivity contribution in [2.24, 2.45) is 5.92 Å². The third kappa shape index (κ3) is 2.91. The van der Waals surface area contributed by atoms with Crippen molar-refractivity contribution in [3.05, 3.63) is 23.8 Å². The standard InChI is InChI=1S/C14H20O3/c1-10(15)12-6-7-13(14(8-12)16-2)17-9-11-4-3-5-11/h6-8,10-11,15H,3-5,9H2,1-2H3. The van der Waals surface area contributed by atoms with Crippen LogP contribution in [-0.4, -0.2) is 18.8 Å². The van der Waals surface area contributed by atoms with E-state index >= 15 is 0 Å². The number of ether oxygens (including phenoxy) is 2. The van der Waals surface area contributed by atoms with E-state index in [0.29, 0.717) is 11.7 Å². The fraction of sp³-hybridized carbons (Fsp3) is 0.571. The second-order valence-electron chi connectivity index (χ2n) is 4.69. The van der Waals surface area contributed by atoms with E-state index in [4.69, 9.17) is 9.47 Å². The highest BCUT2D eigenvalue weighted by Gasteiger charge is 2.18. The maximum atomic E-state index is 9.50. The molecule has 1 aliphatic rings. The lowest BCUT2D eigenvalue weighted by Crippen LogP contribution is -2.19. The molecule has 1 aromatic rings. The van der Waals surface area contributed by atoms with Gasteiger partial charge in [0, 0.05) is 0 Å². The average Bonchev–Trinajstić information content (AvgIpc) is 2.27. The second-order valence-corrected chi connectivity index (χ2v) is 4.69. The zero-order valence-electron chi connectivity index (χ0n) is 10.5. The topological polar surface area (TPSA) is 38.7 Å². The van der Waals surface area contributed by atoms with Crippen LogP contribution >= 0.6 is 0 Å². The van der Waals surface area contributed by atoms with Gasteiger partial charge in [-0.2, -0.15) is 0 Å². The molecule has 0 bridgehead atoms. The van der Waals surface area contributed by atoms with Crippen LogP contribution in [0.4, 0.5) is 0 Å². The monoisotopic (exact) mass is 236 g/mol. The minimum Gasteiger partial charge on any atom is -0.493 e. The van der Waals surface area contributed by atoms with Gasteiger partial charge in [0.15, 0.2) is 11.5 Å². The summed E-state index contributed by atoms with van der Waals surface area (Å²) in [5.74, 6) is 2.17. The van der Waals surface area contributed by atoms with E-state index in [1.165, 1.54) is 19.3 Å². The lowest BCUT2D eigenvalue weighted by Gasteiger charge is -2.25. The van der Waals surface area contributed by atoms with Gasteiger partial charge in [-0.15, -0.1) is 0 Å². The summed E-state index contributed by atoms with van der Waals surface area (Å²) in [6.07, 6.45) is 3.39. The van der Waals surface area contributed by atoms with Gasteiger partial charge in [0.25, 0.3) is 0 Å². The SMILES string of the molecule is COc1cc(C(C)O)ccc1OCC1CCC1. The molecule has 3 nitrogen and oxygen atoms in total. The molecular weight excluding hydrogens is 216 g/mol. The van der Waals surface area contributed by atoms with Crippen molar-refractivity contribution in [1.82, 2.24) is 0 Å². The van der Waals surface area contributed by atoms with E-state index in [0.717, 1.165) is 17.9 Å². The first-order valence-corrected chi connectivity index (χ1v) is 6.19. The van der Waals surface area contributed by atoms with Crippen LogP contribution in [0.25, 0.3) is 0 Å². The molecule has 1 aromatic carbocycles. The Morgan fingerprint density at radius 3 is 2.65 bits per heavy atom. The Balaban J connectivity index is 2.04. The smallest absolute Gasteiger partial charge is 0.161 e. The minimum atomic E-state index is -0.482. The van der Waals surface area contributed by atoms with Gasteiger partial charge in [0.1, 0.15) is 0 Å². The first-order chi connectivity index (χ1) is 8.20. The van der Waals surface area contributed by atoms with Gasteiger partial charge in [-0.25, -0.2) is 0 Å². The van der Waals surface area contributed by atoms with Crippen LogP contribution in [0, 0.1) is 5.92 Å². The van der Waals surface area contributed by atoms with Gasteiger partial charge in [0.2, 0.25) is 0 Å². The number of methoxy groups -OCH3 is 1. The third-order valence-electron chi connectivity index (χ3n) is 3.37. The lowest BCUT2D eigenvalue weighted by atomic mass is 9.86. The zero-order valence-corrected chi connectivity index (χ0v) is 10.5. The molecule has 0 aromatic heterocycles. The highest BCUT2D eigenvalue weighted by atomic mass is 16.5. The molecule has 0 radical (unpaired) electrons. The van der Waals surface area contributed by atoms with Crippen molar-refractivity contribution < 1.29 is 14.6 Å². The van der Waals surface area contributed by atoms with Crippen molar-refractivity contribution in [1.29, 1.82) is 0 Å². The molecule has 0 spiro atoms. The van der Waals surface area contributed by atoms with E-state index in [2.05, 4.69) is 0 Å². The Bertz CT molecular complexity index is 370. The summed E-state index contributed by atoms with van der Waals surface area (Å²) in [7, 11) is 1.62. The summed E-state index contributed by atoms with van der Waals surface area (Å²) < 4.78 is 11.0. The molecule has 0 amide bonds. The van der Waals surface area contributed by atoms with Gasteiger partial charge in [-0.05, 0) is 43.4 Å². The Kier molecular flexibility index (Phi) is 3.89. The molecular formula is C14H20O3. The van der Waals surface area contributed by atoms with Crippen LogP contribution in [-0.2, 0) is 0 Å². The van der Waals surface area contributed by atoms with Gasteiger partial charge >= 0.3 is 0 Å². The molecule has 0 aliphatic heterocycles. The fourth-order valence-electron chi connectivity index (χ4n) is 1.93. The van der Waals surface area contributed by atoms with Crippen LogP contribution in [0.1, 0.15) is 37.9 Å². The average molecular weight is 236 g/mol. The van der Waals surface area contributed by atoms with Crippen molar-refractivity contribution in [2.75, 3.05) is 13.7 Å². The predicted molar refractivity (Wildman–Crippen MR) is 66.5 cm³/mol. The van der Waals surface area contributed by atoms with Gasteiger partial charge in [-0.3, -0.25) is 0 Å². The molecule has 1 unspecified atom stereocenters. The highest BCUT2D eigenvalue weighted by Crippen LogP contribution is 2.32. The maximum absolute atomic E-state index is 9.50. The molecule has 17 heavy (non-hydrogen) atoms. The molecule has 1 saturated carbocycles. The van der Waals surface area contributed by atoms with E-state index in [-0.39, 0.29) is 0 Å². The number of aliphatic hydroxyl groups is 1. The molecule has 94 valence electrons. The van der Waals surface area contributed by atoms with Gasteiger partial charge in [-0.1, -0.05) is 12.5 Å². The van der Waals surface area contributed by atoms with E-state index < -0.39 is 6.10 Å². The van der Waals surface area contributed by atoms with E-state index in [1.807, 2.05) is 18.2 Å². The number of aliphatic hydroxyl groups excluding tert-OH is 1. The highest BCUT2D eigenvalue weighted by molar-refractivity contribution is 5.43. The quantitative estimate of drug-likeness (QED) is 0.854. The summed E-state index contributed by atoms with van der Waals surface area (Å²) in [6, 6.07) is 5.59. The molecule has 0 saturated heterocycles. The van der Waals surface area contributed by atoms with Crippen molar-refractivity contribution >= 4 is 0 Å². The van der Waals surface area contributed by atoms with Gasteiger partial charge < -0.3 is 14.6 Å². The molecule has 0 heterocycles.